The minimum absolute atomic E-state index is 0.0463. The van der Waals surface area contributed by atoms with Gasteiger partial charge in [0.1, 0.15) is 5.78 Å². The van der Waals surface area contributed by atoms with Crippen molar-refractivity contribution < 1.29 is 34.8 Å². The van der Waals surface area contributed by atoms with Crippen molar-refractivity contribution in [1.29, 1.82) is 0 Å². The number of aliphatic hydroxyl groups excluding tert-OH is 2. The third-order valence-corrected chi connectivity index (χ3v) is 1.69. The molecule has 0 saturated heterocycles. The SMILES string of the molecule is C=C(CC(C)O)C(=O)O.C=C(CC(C)O)C(=O)O.CC(C)=O. The molecule has 0 aromatic heterocycles. The quantitative estimate of drug-likeness (QED) is 0.544. The van der Waals surface area contributed by atoms with Gasteiger partial charge >= 0.3 is 11.9 Å². The highest BCUT2D eigenvalue weighted by Crippen LogP contribution is 2.01. The van der Waals surface area contributed by atoms with Gasteiger partial charge in [-0.3, -0.25) is 0 Å². The van der Waals surface area contributed by atoms with Crippen LogP contribution in [0, 0.1) is 0 Å². The Morgan fingerprint density at radius 1 is 0.818 bits per heavy atom. The minimum Gasteiger partial charge on any atom is -0.478 e. The number of ketones is 1. The molecule has 0 radical (unpaired) electrons. The van der Waals surface area contributed by atoms with Crippen molar-refractivity contribution in [3.05, 3.63) is 24.3 Å². The second-order valence-corrected chi connectivity index (χ2v) is 4.83. The second kappa shape index (κ2) is 14.0. The summed E-state index contributed by atoms with van der Waals surface area (Å²) in [6, 6.07) is 0. The van der Waals surface area contributed by atoms with Crippen molar-refractivity contribution >= 4 is 17.7 Å². The summed E-state index contributed by atoms with van der Waals surface area (Å²) in [5.41, 5.74) is 0.0926. The van der Waals surface area contributed by atoms with E-state index in [-0.39, 0.29) is 29.8 Å². The van der Waals surface area contributed by atoms with Crippen LogP contribution in [-0.2, 0) is 14.4 Å². The van der Waals surface area contributed by atoms with Crippen LogP contribution < -0.4 is 0 Å². The maximum Gasteiger partial charge on any atom is 0.331 e. The molecular weight excluding hydrogens is 292 g/mol. The van der Waals surface area contributed by atoms with Gasteiger partial charge in [0.05, 0.1) is 12.2 Å². The summed E-state index contributed by atoms with van der Waals surface area (Å²) in [6.45, 7) is 12.6. The van der Waals surface area contributed by atoms with E-state index < -0.39 is 24.1 Å². The molecule has 7 heteroatoms. The van der Waals surface area contributed by atoms with E-state index in [4.69, 9.17) is 20.4 Å². The summed E-state index contributed by atoms with van der Waals surface area (Å²) in [5, 5.41) is 33.7. The van der Waals surface area contributed by atoms with Crippen LogP contribution in [0.1, 0.15) is 40.5 Å². The first-order chi connectivity index (χ1) is 9.81. The summed E-state index contributed by atoms with van der Waals surface area (Å²) in [4.78, 5) is 29.5. The molecular formula is C15H26O7. The molecule has 0 amide bonds. The van der Waals surface area contributed by atoms with Gasteiger partial charge in [-0.2, -0.15) is 0 Å². The number of carboxylic acids is 2. The van der Waals surface area contributed by atoms with Crippen LogP contribution in [0.15, 0.2) is 24.3 Å². The van der Waals surface area contributed by atoms with Crippen LogP contribution in [0.2, 0.25) is 0 Å². The van der Waals surface area contributed by atoms with E-state index in [0.717, 1.165) is 0 Å². The summed E-state index contributed by atoms with van der Waals surface area (Å²) in [6.07, 6.45) is -0.966. The maximum atomic E-state index is 10.0. The zero-order valence-electron chi connectivity index (χ0n) is 13.5. The number of carbonyl (C=O) groups is 3. The molecule has 2 atom stereocenters. The molecule has 22 heavy (non-hydrogen) atoms. The van der Waals surface area contributed by atoms with E-state index in [1.165, 1.54) is 27.7 Å². The molecule has 0 bridgehead atoms. The zero-order chi connectivity index (χ0) is 18.5. The van der Waals surface area contributed by atoms with Crippen LogP contribution >= 0.6 is 0 Å². The van der Waals surface area contributed by atoms with Gasteiger partial charge in [-0.15, -0.1) is 0 Å². The number of hydrogen-bond donors (Lipinski definition) is 4. The lowest BCUT2D eigenvalue weighted by molar-refractivity contribution is -0.134. The number of carbonyl (C=O) groups excluding carboxylic acids is 1. The number of carboxylic acid groups (broad SMARTS) is 2. The lowest BCUT2D eigenvalue weighted by Crippen LogP contribution is -2.07. The minimum atomic E-state index is -1.05. The fourth-order valence-electron chi connectivity index (χ4n) is 0.888. The molecule has 4 N–H and O–H groups in total. The highest BCUT2D eigenvalue weighted by Gasteiger charge is 2.06. The topological polar surface area (TPSA) is 132 Å². The Kier molecular flexibility index (Phi) is 15.9. The fourth-order valence-corrected chi connectivity index (χ4v) is 0.888. The van der Waals surface area contributed by atoms with Gasteiger partial charge in [0.25, 0.3) is 0 Å². The summed E-state index contributed by atoms with van der Waals surface area (Å²) in [5.74, 6) is -1.92. The van der Waals surface area contributed by atoms with Crippen LogP contribution in [0.25, 0.3) is 0 Å². The van der Waals surface area contributed by atoms with Crippen molar-refractivity contribution in [1.82, 2.24) is 0 Å². The second-order valence-electron chi connectivity index (χ2n) is 4.83. The number of hydrogen-bond acceptors (Lipinski definition) is 5. The smallest absolute Gasteiger partial charge is 0.331 e. The molecule has 0 spiro atoms. The molecule has 0 aromatic rings. The zero-order valence-corrected chi connectivity index (χ0v) is 13.5. The lowest BCUT2D eigenvalue weighted by atomic mass is 10.1. The average molecular weight is 318 g/mol. The van der Waals surface area contributed by atoms with Gasteiger partial charge < -0.3 is 25.2 Å². The van der Waals surface area contributed by atoms with E-state index in [1.54, 1.807) is 0 Å². The largest absolute Gasteiger partial charge is 0.478 e. The first-order valence-electron chi connectivity index (χ1n) is 6.46. The molecule has 7 nitrogen and oxygen atoms in total. The van der Waals surface area contributed by atoms with Crippen molar-refractivity contribution in [2.24, 2.45) is 0 Å². The Morgan fingerprint density at radius 3 is 1.05 bits per heavy atom. The number of rotatable bonds is 6. The maximum absolute atomic E-state index is 10.0. The average Bonchev–Trinajstić information content (AvgIpc) is 2.26. The molecule has 0 aliphatic carbocycles. The monoisotopic (exact) mass is 318 g/mol. The van der Waals surface area contributed by atoms with Gasteiger partial charge in [0.15, 0.2) is 0 Å². The van der Waals surface area contributed by atoms with Crippen LogP contribution in [0.4, 0.5) is 0 Å². The van der Waals surface area contributed by atoms with Crippen molar-refractivity contribution in [2.75, 3.05) is 0 Å². The van der Waals surface area contributed by atoms with Gasteiger partial charge in [-0.05, 0) is 27.7 Å². The first-order valence-corrected chi connectivity index (χ1v) is 6.46. The predicted molar refractivity (Wildman–Crippen MR) is 82.5 cm³/mol. The van der Waals surface area contributed by atoms with Crippen molar-refractivity contribution in [3.8, 4) is 0 Å². The van der Waals surface area contributed by atoms with Gasteiger partial charge in [-0.25, -0.2) is 9.59 Å². The van der Waals surface area contributed by atoms with E-state index in [9.17, 15) is 14.4 Å². The number of Topliss-reactive ketones (excluding diaryl/α,β-unsaturated/α-hetero) is 1. The molecule has 128 valence electrons. The van der Waals surface area contributed by atoms with Crippen molar-refractivity contribution in [2.45, 2.75) is 52.7 Å². The predicted octanol–water partition coefficient (Wildman–Crippen LogP) is 1.39. The molecule has 0 rings (SSSR count). The van der Waals surface area contributed by atoms with E-state index in [2.05, 4.69) is 13.2 Å². The Hall–Kier alpha value is -1.99. The van der Waals surface area contributed by atoms with Crippen LogP contribution in [-0.4, -0.2) is 50.4 Å². The summed E-state index contributed by atoms with van der Waals surface area (Å²) in [7, 11) is 0. The standard InChI is InChI=1S/2C6H10O3.C3H6O/c2*1-4(6(8)9)3-5(2)7;1-3(2)4/h2*5,7H,1,3H2,2H3,(H,8,9);1-2H3. The Bertz CT molecular complexity index is 359. The number of aliphatic carboxylic acids is 2. The molecule has 0 fully saturated rings. The van der Waals surface area contributed by atoms with Crippen LogP contribution in [0.3, 0.4) is 0 Å². The van der Waals surface area contributed by atoms with Crippen LogP contribution in [0.5, 0.6) is 0 Å². The van der Waals surface area contributed by atoms with E-state index >= 15 is 0 Å². The molecule has 2 unspecified atom stereocenters. The fraction of sp³-hybridized carbons (Fsp3) is 0.533. The molecule has 0 aliphatic heterocycles. The normalized spacial score (nSPS) is 11.5. The molecule has 0 aliphatic rings. The highest BCUT2D eigenvalue weighted by atomic mass is 16.4. The summed E-state index contributed by atoms with van der Waals surface area (Å²) < 4.78 is 0. The van der Waals surface area contributed by atoms with E-state index in [1.807, 2.05) is 0 Å². The summed E-state index contributed by atoms with van der Waals surface area (Å²) >= 11 is 0. The van der Waals surface area contributed by atoms with E-state index in [0.29, 0.717) is 0 Å². The van der Waals surface area contributed by atoms with Gasteiger partial charge in [-0.1, -0.05) is 13.2 Å². The lowest BCUT2D eigenvalue weighted by Gasteiger charge is -2.01. The highest BCUT2D eigenvalue weighted by molar-refractivity contribution is 5.86. The number of aliphatic hydroxyl groups is 2. The third kappa shape index (κ3) is 26.5. The first kappa shape index (κ1) is 25.0. The Balaban J connectivity index is -0.000000266. The molecule has 0 heterocycles. The Morgan fingerprint density at radius 2 is 1.00 bits per heavy atom. The third-order valence-electron chi connectivity index (χ3n) is 1.69. The molecule has 0 aromatic carbocycles. The molecule has 0 saturated carbocycles. The van der Waals surface area contributed by atoms with Crippen molar-refractivity contribution in [3.63, 3.8) is 0 Å². The van der Waals surface area contributed by atoms with Gasteiger partial charge in [0, 0.05) is 24.0 Å². The van der Waals surface area contributed by atoms with Gasteiger partial charge in [0.2, 0.25) is 0 Å². The Labute approximate surface area is 130 Å².